The summed E-state index contributed by atoms with van der Waals surface area (Å²) < 4.78 is 11.9. The molecule has 1 unspecified atom stereocenters. The molecule has 1 heterocycles. The molecule has 2 aromatic carbocycles. The first kappa shape index (κ1) is 20.9. The Hall–Kier alpha value is -1.79. The minimum Gasteiger partial charge on any atom is -0.373 e. The van der Waals surface area contributed by atoms with Gasteiger partial charge in [-0.15, -0.1) is 0 Å². The number of ether oxygens (including phenoxy) is 2. The van der Waals surface area contributed by atoms with Crippen molar-refractivity contribution in [2.75, 3.05) is 6.61 Å². The summed E-state index contributed by atoms with van der Waals surface area (Å²) in [5.41, 5.74) is -0.561. The molecule has 0 aromatic heterocycles. The molecule has 0 aliphatic carbocycles. The predicted molar refractivity (Wildman–Crippen MR) is 114 cm³/mol. The Morgan fingerprint density at radius 1 is 1.11 bits per heavy atom. The number of carbonyl (C=O) groups excluding carboxylic acids is 1. The minimum absolute atomic E-state index is 0.261. The van der Waals surface area contributed by atoms with E-state index in [9.17, 15) is 9.90 Å². The van der Waals surface area contributed by atoms with Crippen molar-refractivity contribution in [2.24, 2.45) is 0 Å². The van der Waals surface area contributed by atoms with Gasteiger partial charge in [0.15, 0.2) is 5.78 Å². The van der Waals surface area contributed by atoms with Crippen LogP contribution in [0.5, 0.6) is 0 Å². The zero-order chi connectivity index (χ0) is 20.4. The fourth-order valence-corrected chi connectivity index (χ4v) is 7.89. The summed E-state index contributed by atoms with van der Waals surface area (Å²) in [7, 11) is -1.94. The quantitative estimate of drug-likeness (QED) is 0.759. The van der Waals surface area contributed by atoms with Crippen LogP contribution in [0, 0.1) is 0 Å². The SMILES string of the molecule is CC(=O)C1(O)O[C@H](COC(C)(C)C)C[C@H]1[SiH](c1ccccc1)c1ccccc1. The molecule has 1 saturated heterocycles. The molecule has 28 heavy (non-hydrogen) atoms. The van der Waals surface area contributed by atoms with Crippen LogP contribution in [0.3, 0.4) is 0 Å². The summed E-state index contributed by atoms with van der Waals surface area (Å²) >= 11 is 0. The highest BCUT2D eigenvalue weighted by Gasteiger charge is 2.55. The summed E-state index contributed by atoms with van der Waals surface area (Å²) in [5.74, 6) is -2.10. The third-order valence-corrected chi connectivity index (χ3v) is 9.03. The second kappa shape index (κ2) is 8.29. The molecule has 5 heteroatoms. The molecule has 2 aromatic rings. The zero-order valence-corrected chi connectivity index (χ0v) is 18.2. The van der Waals surface area contributed by atoms with Gasteiger partial charge in [-0.25, -0.2) is 0 Å². The molecule has 0 amide bonds. The van der Waals surface area contributed by atoms with Gasteiger partial charge in [-0.2, -0.15) is 0 Å². The molecular formula is C23H30O4Si. The first-order valence-electron chi connectivity index (χ1n) is 9.86. The summed E-state index contributed by atoms with van der Waals surface area (Å²) in [6, 6.07) is 20.4. The first-order chi connectivity index (χ1) is 13.2. The van der Waals surface area contributed by atoms with Crippen LogP contribution in [0.15, 0.2) is 60.7 Å². The fourth-order valence-electron chi connectivity index (χ4n) is 3.96. The van der Waals surface area contributed by atoms with E-state index in [1.54, 1.807) is 0 Å². The van der Waals surface area contributed by atoms with E-state index in [0.717, 1.165) is 0 Å². The van der Waals surface area contributed by atoms with Crippen LogP contribution in [-0.2, 0) is 14.3 Å². The molecule has 1 aliphatic heterocycles. The third-order valence-electron chi connectivity index (χ3n) is 5.29. The average molecular weight is 399 g/mol. The lowest BCUT2D eigenvalue weighted by Gasteiger charge is -2.32. The van der Waals surface area contributed by atoms with Crippen LogP contribution in [0.2, 0.25) is 5.54 Å². The van der Waals surface area contributed by atoms with E-state index < -0.39 is 14.6 Å². The van der Waals surface area contributed by atoms with Crippen molar-refractivity contribution in [3.63, 3.8) is 0 Å². The molecular weight excluding hydrogens is 368 g/mol. The molecule has 1 N–H and O–H groups in total. The lowest BCUT2D eigenvalue weighted by atomic mass is 10.1. The predicted octanol–water partition coefficient (Wildman–Crippen LogP) is 2.28. The molecule has 150 valence electrons. The summed E-state index contributed by atoms with van der Waals surface area (Å²) in [6.07, 6.45) is 0.299. The minimum atomic E-state index is -1.94. The monoisotopic (exact) mass is 398 g/mol. The van der Waals surface area contributed by atoms with Crippen LogP contribution >= 0.6 is 0 Å². The second-order valence-corrected chi connectivity index (χ2v) is 11.7. The maximum atomic E-state index is 12.5. The standard InChI is InChI=1S/C23H30O4Si/c1-17(24)23(25)21(15-18(27-23)16-26-22(2,3)4)28(19-11-7-5-8-12-19)20-13-9-6-10-14-20/h5-14,18,21,25,28H,15-16H2,1-4H3/t18-,21+,23?/m0/s1. The summed E-state index contributed by atoms with van der Waals surface area (Å²) in [5, 5.41) is 13.7. The van der Waals surface area contributed by atoms with Gasteiger partial charge < -0.3 is 14.6 Å². The molecule has 0 saturated carbocycles. The van der Waals surface area contributed by atoms with E-state index >= 15 is 0 Å². The van der Waals surface area contributed by atoms with Crippen molar-refractivity contribution in [1.29, 1.82) is 0 Å². The van der Waals surface area contributed by atoms with Crippen molar-refractivity contribution in [3.8, 4) is 0 Å². The second-order valence-electron chi connectivity index (χ2n) is 8.56. The normalized spacial score (nSPS) is 25.2. The van der Waals surface area contributed by atoms with Gasteiger partial charge in [-0.3, -0.25) is 4.79 Å². The Balaban J connectivity index is 1.98. The maximum Gasteiger partial charge on any atom is 0.227 e. The van der Waals surface area contributed by atoms with Gasteiger partial charge in [0.2, 0.25) is 5.79 Å². The molecule has 0 spiro atoms. The van der Waals surface area contributed by atoms with Gasteiger partial charge in [-0.05, 0) is 27.2 Å². The van der Waals surface area contributed by atoms with Gasteiger partial charge in [0, 0.05) is 12.5 Å². The molecule has 3 atom stereocenters. The highest BCUT2D eigenvalue weighted by molar-refractivity contribution is 6.86. The number of benzene rings is 2. The molecule has 0 radical (unpaired) electrons. The highest BCUT2D eigenvalue weighted by atomic mass is 28.3. The number of carbonyl (C=O) groups is 1. The van der Waals surface area contributed by atoms with E-state index in [-0.39, 0.29) is 23.0 Å². The number of Topliss-reactive ketones (excluding diaryl/α,β-unsaturated/α-hetero) is 1. The van der Waals surface area contributed by atoms with E-state index in [1.807, 2.05) is 57.2 Å². The van der Waals surface area contributed by atoms with Gasteiger partial charge in [0.1, 0.15) is 8.80 Å². The molecule has 3 rings (SSSR count). The van der Waals surface area contributed by atoms with Gasteiger partial charge in [0.05, 0.1) is 18.3 Å². The maximum absolute atomic E-state index is 12.5. The molecule has 1 aliphatic rings. The molecule has 1 fully saturated rings. The Labute approximate surface area is 169 Å². The lowest BCUT2D eigenvalue weighted by molar-refractivity contribution is -0.204. The molecule has 4 nitrogen and oxygen atoms in total. The number of hydrogen-bond donors (Lipinski definition) is 1. The Kier molecular flexibility index (Phi) is 6.20. The van der Waals surface area contributed by atoms with Crippen LogP contribution in [0.25, 0.3) is 0 Å². The van der Waals surface area contributed by atoms with Gasteiger partial charge in [0.25, 0.3) is 0 Å². The van der Waals surface area contributed by atoms with Crippen molar-refractivity contribution in [2.45, 2.75) is 57.1 Å². The topological polar surface area (TPSA) is 55.8 Å². The van der Waals surface area contributed by atoms with Crippen molar-refractivity contribution in [1.82, 2.24) is 0 Å². The van der Waals surface area contributed by atoms with Crippen molar-refractivity contribution < 1.29 is 19.4 Å². The lowest BCUT2D eigenvalue weighted by Crippen LogP contribution is -2.55. The highest BCUT2D eigenvalue weighted by Crippen LogP contribution is 2.42. The zero-order valence-electron chi connectivity index (χ0n) is 17.1. The summed E-state index contributed by atoms with van der Waals surface area (Å²) in [4.78, 5) is 12.5. The number of aliphatic hydroxyl groups is 1. The number of hydrogen-bond acceptors (Lipinski definition) is 4. The van der Waals surface area contributed by atoms with E-state index in [2.05, 4.69) is 24.3 Å². The Morgan fingerprint density at radius 2 is 1.61 bits per heavy atom. The van der Waals surface area contributed by atoms with Crippen LogP contribution in [0.1, 0.15) is 34.1 Å². The van der Waals surface area contributed by atoms with Crippen LogP contribution in [-0.4, -0.2) is 43.8 Å². The van der Waals surface area contributed by atoms with Crippen LogP contribution < -0.4 is 10.4 Å². The largest absolute Gasteiger partial charge is 0.373 e. The third kappa shape index (κ3) is 4.61. The van der Waals surface area contributed by atoms with E-state index in [4.69, 9.17) is 9.47 Å². The Morgan fingerprint density at radius 3 is 2.04 bits per heavy atom. The van der Waals surface area contributed by atoms with Crippen molar-refractivity contribution in [3.05, 3.63) is 60.7 Å². The van der Waals surface area contributed by atoms with Gasteiger partial charge in [-0.1, -0.05) is 71.0 Å². The van der Waals surface area contributed by atoms with E-state index in [1.165, 1.54) is 17.3 Å². The fraction of sp³-hybridized carbons (Fsp3) is 0.435. The average Bonchev–Trinajstić information content (AvgIpc) is 3.00. The van der Waals surface area contributed by atoms with Crippen LogP contribution in [0.4, 0.5) is 0 Å². The summed E-state index contributed by atoms with van der Waals surface area (Å²) in [6.45, 7) is 7.74. The molecule has 0 bridgehead atoms. The van der Waals surface area contributed by atoms with E-state index in [0.29, 0.717) is 13.0 Å². The first-order valence-corrected chi connectivity index (χ1v) is 11.7. The number of ketones is 1. The Bertz CT molecular complexity index is 748. The number of rotatable bonds is 6. The smallest absolute Gasteiger partial charge is 0.227 e. The van der Waals surface area contributed by atoms with Crippen molar-refractivity contribution >= 4 is 25.0 Å². The van der Waals surface area contributed by atoms with Gasteiger partial charge >= 0.3 is 0 Å².